The van der Waals surface area contributed by atoms with E-state index in [0.29, 0.717) is 39.0 Å². The van der Waals surface area contributed by atoms with Crippen LogP contribution >= 0.6 is 34.7 Å². The number of aliphatic hydroxyl groups excluding tert-OH is 1. The highest BCUT2D eigenvalue weighted by molar-refractivity contribution is 8.00. The van der Waals surface area contributed by atoms with Crippen LogP contribution in [0.4, 0.5) is 5.13 Å². The van der Waals surface area contributed by atoms with Crippen molar-refractivity contribution in [3.8, 4) is 5.75 Å². The summed E-state index contributed by atoms with van der Waals surface area (Å²) in [5, 5.41) is 20.6. The van der Waals surface area contributed by atoms with E-state index in [9.17, 15) is 14.7 Å². The van der Waals surface area contributed by atoms with Gasteiger partial charge >= 0.3 is 0 Å². The fourth-order valence-electron chi connectivity index (χ4n) is 4.50. The fourth-order valence-corrected chi connectivity index (χ4v) is 6.65. The number of nitrogens with zero attached hydrogens (tertiary/aromatic N) is 3. The van der Waals surface area contributed by atoms with Gasteiger partial charge < -0.3 is 9.84 Å². The number of aromatic nitrogens is 2. The van der Waals surface area contributed by atoms with Crippen molar-refractivity contribution >= 4 is 57.6 Å². The summed E-state index contributed by atoms with van der Waals surface area (Å²) in [6.45, 7) is 4.78. The van der Waals surface area contributed by atoms with Crippen LogP contribution in [0.2, 0.25) is 5.02 Å². The number of carbonyl (C=O) groups is 2. The number of ketones is 1. The molecule has 1 atom stereocenters. The number of hydrogen-bond donors (Lipinski definition) is 1. The maximum atomic E-state index is 13.6. The third-order valence-corrected chi connectivity index (χ3v) is 9.22. The molecule has 1 aromatic heterocycles. The van der Waals surface area contributed by atoms with Crippen molar-refractivity contribution in [3.05, 3.63) is 118 Å². The minimum atomic E-state index is -0.927. The molecule has 0 spiro atoms. The van der Waals surface area contributed by atoms with Gasteiger partial charge in [-0.3, -0.25) is 14.5 Å². The predicted molar refractivity (Wildman–Crippen MR) is 173 cm³/mol. The van der Waals surface area contributed by atoms with Crippen LogP contribution in [0.5, 0.6) is 5.75 Å². The van der Waals surface area contributed by atoms with Crippen molar-refractivity contribution in [2.24, 2.45) is 5.92 Å². The van der Waals surface area contributed by atoms with E-state index < -0.39 is 23.5 Å². The Bertz CT molecular complexity index is 1670. The number of carbonyl (C=O) groups excluding carboxylic acids is 2. The summed E-state index contributed by atoms with van der Waals surface area (Å²) in [5.74, 6) is -0.151. The molecule has 1 unspecified atom stereocenters. The summed E-state index contributed by atoms with van der Waals surface area (Å²) in [6, 6.07) is 23.2. The number of amides is 1. The van der Waals surface area contributed by atoms with Gasteiger partial charge in [-0.2, -0.15) is 0 Å². The molecule has 0 fully saturated rings. The van der Waals surface area contributed by atoms with Gasteiger partial charge in [0, 0.05) is 10.8 Å². The number of thioether (sulfide) groups is 1. The van der Waals surface area contributed by atoms with Gasteiger partial charge in [0.25, 0.3) is 5.91 Å². The lowest BCUT2D eigenvalue weighted by molar-refractivity contribution is -0.117. The SMILES string of the molecule is CC(C)CCOc1cccc(C2C(C(=O)C=Cc3ccccc3)=C(O)C(=O)N2c2nnc(SCc3ccccc3Cl)s2)c1. The fraction of sp³-hybridized carbons (Fsp3) is 0.212. The lowest BCUT2D eigenvalue weighted by Crippen LogP contribution is -2.30. The first-order valence-electron chi connectivity index (χ1n) is 13.8. The van der Waals surface area contributed by atoms with E-state index in [1.807, 2.05) is 66.7 Å². The Morgan fingerprint density at radius 1 is 1.09 bits per heavy atom. The van der Waals surface area contributed by atoms with Crippen molar-refractivity contribution in [3.63, 3.8) is 0 Å². The maximum absolute atomic E-state index is 13.6. The minimum absolute atomic E-state index is 0.0306. The molecular formula is C33H30ClN3O4S2. The third kappa shape index (κ3) is 7.36. The number of halogens is 1. The molecule has 1 N–H and O–H groups in total. The lowest BCUT2D eigenvalue weighted by Gasteiger charge is -2.24. The molecule has 1 amide bonds. The number of anilines is 1. The molecule has 43 heavy (non-hydrogen) atoms. The summed E-state index contributed by atoms with van der Waals surface area (Å²) >= 11 is 8.96. The van der Waals surface area contributed by atoms with Crippen LogP contribution in [0.3, 0.4) is 0 Å². The molecule has 2 heterocycles. The molecule has 1 aliphatic heterocycles. The van der Waals surface area contributed by atoms with Crippen molar-refractivity contribution in [2.45, 2.75) is 36.4 Å². The van der Waals surface area contributed by atoms with Crippen LogP contribution in [-0.4, -0.2) is 33.6 Å². The van der Waals surface area contributed by atoms with E-state index in [-0.39, 0.29) is 10.7 Å². The van der Waals surface area contributed by atoms with E-state index in [1.165, 1.54) is 34.1 Å². The second kappa shape index (κ2) is 14.0. The molecule has 5 rings (SSSR count). The Morgan fingerprint density at radius 3 is 2.63 bits per heavy atom. The normalized spacial score (nSPS) is 15.2. The van der Waals surface area contributed by atoms with Crippen LogP contribution in [0.25, 0.3) is 6.08 Å². The van der Waals surface area contributed by atoms with Gasteiger partial charge in [-0.05, 0) is 53.3 Å². The predicted octanol–water partition coefficient (Wildman–Crippen LogP) is 8.09. The largest absolute Gasteiger partial charge is 0.503 e. The molecule has 7 nitrogen and oxygen atoms in total. The summed E-state index contributed by atoms with van der Waals surface area (Å²) in [5.41, 5.74) is 2.35. The van der Waals surface area contributed by atoms with Crippen molar-refractivity contribution in [1.82, 2.24) is 10.2 Å². The molecule has 3 aromatic carbocycles. The highest BCUT2D eigenvalue weighted by Gasteiger charge is 2.45. The summed E-state index contributed by atoms with van der Waals surface area (Å²) in [6.07, 6.45) is 3.91. The Hall–Kier alpha value is -3.92. The van der Waals surface area contributed by atoms with Gasteiger partial charge in [0.15, 0.2) is 15.9 Å². The highest BCUT2D eigenvalue weighted by Crippen LogP contribution is 2.44. The van der Waals surface area contributed by atoms with Gasteiger partial charge in [0.1, 0.15) is 5.75 Å². The topological polar surface area (TPSA) is 92.6 Å². The number of allylic oxidation sites excluding steroid dienone is 1. The van der Waals surface area contributed by atoms with E-state index in [4.69, 9.17) is 16.3 Å². The highest BCUT2D eigenvalue weighted by atomic mass is 35.5. The molecule has 10 heteroatoms. The summed E-state index contributed by atoms with van der Waals surface area (Å²) < 4.78 is 6.60. The minimum Gasteiger partial charge on any atom is -0.503 e. The Morgan fingerprint density at radius 2 is 1.86 bits per heavy atom. The smallest absolute Gasteiger partial charge is 0.296 e. The molecule has 0 aliphatic carbocycles. The zero-order valence-corrected chi connectivity index (χ0v) is 26.0. The van der Waals surface area contributed by atoms with Crippen LogP contribution in [0.15, 0.2) is 101 Å². The molecule has 0 bridgehead atoms. The number of ether oxygens (including phenoxy) is 1. The molecule has 0 radical (unpaired) electrons. The Labute approximate surface area is 263 Å². The quantitative estimate of drug-likeness (QED) is 0.0959. The zero-order chi connectivity index (χ0) is 30.3. The van der Waals surface area contributed by atoms with Crippen molar-refractivity contribution < 1.29 is 19.4 Å². The monoisotopic (exact) mass is 631 g/mol. The van der Waals surface area contributed by atoms with Crippen LogP contribution in [-0.2, 0) is 15.3 Å². The second-order valence-corrected chi connectivity index (χ2v) is 12.9. The van der Waals surface area contributed by atoms with Gasteiger partial charge in [-0.25, -0.2) is 0 Å². The summed E-state index contributed by atoms with van der Waals surface area (Å²) in [7, 11) is 0. The van der Waals surface area contributed by atoms with Gasteiger partial charge in [-0.1, -0.05) is 115 Å². The van der Waals surface area contributed by atoms with Crippen LogP contribution in [0.1, 0.15) is 43.0 Å². The van der Waals surface area contributed by atoms with Gasteiger partial charge in [0.05, 0.1) is 18.2 Å². The maximum Gasteiger partial charge on any atom is 0.296 e. The van der Waals surface area contributed by atoms with Gasteiger partial charge in [-0.15, -0.1) is 10.2 Å². The second-order valence-electron chi connectivity index (χ2n) is 10.3. The third-order valence-electron chi connectivity index (χ3n) is 6.75. The molecular weight excluding hydrogens is 602 g/mol. The van der Waals surface area contributed by atoms with E-state index in [2.05, 4.69) is 24.0 Å². The molecule has 1 aliphatic rings. The summed E-state index contributed by atoms with van der Waals surface area (Å²) in [4.78, 5) is 28.5. The average Bonchev–Trinajstić information content (AvgIpc) is 3.58. The molecule has 0 saturated heterocycles. The van der Waals surface area contributed by atoms with Gasteiger partial charge in [0.2, 0.25) is 5.13 Å². The number of hydrogen-bond acceptors (Lipinski definition) is 8. The van der Waals surface area contributed by atoms with Crippen LogP contribution < -0.4 is 9.64 Å². The average molecular weight is 632 g/mol. The Kier molecular flexibility index (Phi) is 9.97. The number of benzene rings is 3. The zero-order valence-electron chi connectivity index (χ0n) is 23.6. The lowest BCUT2D eigenvalue weighted by atomic mass is 9.95. The number of rotatable bonds is 12. The van der Waals surface area contributed by atoms with Crippen LogP contribution in [0, 0.1) is 5.92 Å². The molecule has 4 aromatic rings. The first-order chi connectivity index (χ1) is 20.8. The Balaban J connectivity index is 1.47. The van der Waals surface area contributed by atoms with E-state index in [1.54, 1.807) is 18.2 Å². The standard InChI is InChI=1S/C33H30ClN3O4S2/c1-21(2)17-18-41-25-13-8-12-23(19-25)29-28(27(38)16-15-22-9-4-3-5-10-22)30(39)31(40)37(29)32-35-36-33(43-32)42-20-24-11-6-7-14-26(24)34/h3-16,19,21,29,39H,17-18,20H2,1-2H3. The number of aliphatic hydroxyl groups is 1. The molecule has 220 valence electrons. The van der Waals surface area contributed by atoms with Crippen molar-refractivity contribution in [2.75, 3.05) is 11.5 Å². The molecule has 0 saturated carbocycles. The van der Waals surface area contributed by atoms with E-state index >= 15 is 0 Å². The first kappa shape index (κ1) is 30.5. The van der Waals surface area contributed by atoms with Crippen molar-refractivity contribution in [1.29, 1.82) is 0 Å². The van der Waals surface area contributed by atoms with E-state index in [0.717, 1.165) is 17.5 Å². The first-order valence-corrected chi connectivity index (χ1v) is 16.0.